The highest BCUT2D eigenvalue weighted by Crippen LogP contribution is 2.16. The fraction of sp³-hybridized carbons (Fsp3) is 0.692. The van der Waals surface area contributed by atoms with Gasteiger partial charge in [-0.15, -0.1) is 0 Å². The molecule has 0 aromatic rings. The molecule has 1 aliphatic rings. The van der Waals surface area contributed by atoms with Crippen molar-refractivity contribution in [1.82, 2.24) is 4.90 Å². The average molecular weight is 240 g/mol. The quantitative estimate of drug-likeness (QED) is 0.636. The summed E-state index contributed by atoms with van der Waals surface area (Å²) in [6, 6.07) is 0.306. The Morgan fingerprint density at radius 3 is 2.29 bits per heavy atom. The van der Waals surface area contributed by atoms with Crippen LogP contribution in [0.25, 0.3) is 0 Å². The molecule has 17 heavy (non-hydrogen) atoms. The Balaban J connectivity index is 0.00000121. The molecule has 0 amide bonds. The lowest BCUT2D eigenvalue weighted by Crippen LogP contribution is -2.46. The van der Waals surface area contributed by atoms with Crippen molar-refractivity contribution in [3.63, 3.8) is 0 Å². The molecular weight excluding hydrogens is 212 g/mol. The summed E-state index contributed by atoms with van der Waals surface area (Å²) in [5.41, 5.74) is 18.2. The summed E-state index contributed by atoms with van der Waals surface area (Å²) in [6.07, 6.45) is 4.69. The topological polar surface area (TPSA) is 81.3 Å². The predicted octanol–water partition coefficient (Wildman–Crippen LogP) is 1.34. The summed E-state index contributed by atoms with van der Waals surface area (Å²) in [5, 5.41) is 0. The van der Waals surface area contributed by atoms with Crippen molar-refractivity contribution < 1.29 is 0 Å². The van der Waals surface area contributed by atoms with E-state index in [0.29, 0.717) is 12.0 Å². The van der Waals surface area contributed by atoms with Gasteiger partial charge >= 0.3 is 0 Å². The van der Waals surface area contributed by atoms with Crippen LogP contribution in [0, 0.1) is 5.92 Å². The second kappa shape index (κ2) is 8.01. The Hall–Kier alpha value is -1.16. The van der Waals surface area contributed by atoms with E-state index < -0.39 is 0 Å². The van der Waals surface area contributed by atoms with Crippen LogP contribution in [0.5, 0.6) is 0 Å². The second-order valence-electron chi connectivity index (χ2n) is 4.38. The van der Waals surface area contributed by atoms with Crippen LogP contribution in [0.1, 0.15) is 34.1 Å². The molecule has 1 fully saturated rings. The third-order valence-electron chi connectivity index (χ3n) is 2.85. The number of nitrogens with zero attached hydrogens (tertiary/aromatic N) is 1. The van der Waals surface area contributed by atoms with Crippen LogP contribution in [0.4, 0.5) is 0 Å². The normalized spacial score (nSPS) is 26.3. The van der Waals surface area contributed by atoms with Crippen LogP contribution in [-0.4, -0.2) is 24.0 Å². The number of allylic oxidation sites excluding steroid dienone is 3. The summed E-state index contributed by atoms with van der Waals surface area (Å²) in [6.45, 7) is 9.87. The van der Waals surface area contributed by atoms with Gasteiger partial charge in [-0.25, -0.2) is 0 Å². The molecule has 1 aliphatic heterocycles. The molecule has 0 spiro atoms. The lowest BCUT2D eigenvalue weighted by molar-refractivity contribution is 0.202. The molecule has 1 rings (SSSR count). The highest BCUT2D eigenvalue weighted by Gasteiger charge is 2.23. The average Bonchev–Trinajstić information content (AvgIpc) is 2.32. The maximum absolute atomic E-state index is 5.95. The number of hydrogen-bond donors (Lipinski definition) is 3. The van der Waals surface area contributed by atoms with Crippen LogP contribution in [0.3, 0.4) is 0 Å². The molecule has 0 aromatic carbocycles. The van der Waals surface area contributed by atoms with Crippen LogP contribution in [0.2, 0.25) is 0 Å². The van der Waals surface area contributed by atoms with E-state index in [1.165, 1.54) is 0 Å². The zero-order valence-electron chi connectivity index (χ0n) is 11.6. The molecule has 4 nitrogen and oxygen atoms in total. The number of piperidine rings is 1. The zero-order chi connectivity index (χ0) is 13.4. The molecular formula is C13H28N4. The maximum atomic E-state index is 5.95. The lowest BCUT2D eigenvalue weighted by Gasteiger charge is -2.36. The minimum absolute atomic E-state index is 0.306. The van der Waals surface area contributed by atoms with E-state index in [2.05, 4.69) is 11.8 Å². The van der Waals surface area contributed by atoms with E-state index in [1.54, 1.807) is 0 Å². The second-order valence-corrected chi connectivity index (χ2v) is 4.38. The lowest BCUT2D eigenvalue weighted by atomic mass is 9.95. The molecule has 0 radical (unpaired) electrons. The summed E-state index contributed by atoms with van der Waals surface area (Å²) in [4.78, 5) is 2.16. The van der Waals surface area contributed by atoms with Crippen LogP contribution in [0.15, 0.2) is 23.7 Å². The Kier molecular flexibility index (Phi) is 7.46. The van der Waals surface area contributed by atoms with Crippen molar-refractivity contribution in [1.29, 1.82) is 0 Å². The Morgan fingerprint density at radius 2 is 1.82 bits per heavy atom. The van der Waals surface area contributed by atoms with E-state index in [4.69, 9.17) is 17.2 Å². The Labute approximate surface area is 106 Å². The van der Waals surface area contributed by atoms with Gasteiger partial charge in [0.15, 0.2) is 0 Å². The van der Waals surface area contributed by atoms with E-state index in [-0.39, 0.29) is 0 Å². The molecule has 0 saturated carbocycles. The van der Waals surface area contributed by atoms with Crippen molar-refractivity contribution >= 4 is 0 Å². The number of hydrogen-bond acceptors (Lipinski definition) is 4. The van der Waals surface area contributed by atoms with E-state index in [9.17, 15) is 0 Å². The van der Waals surface area contributed by atoms with Crippen molar-refractivity contribution in [3.8, 4) is 0 Å². The molecule has 100 valence electrons. The van der Waals surface area contributed by atoms with Crippen LogP contribution < -0.4 is 17.2 Å². The van der Waals surface area contributed by atoms with Crippen molar-refractivity contribution in [3.05, 3.63) is 23.7 Å². The Bertz CT molecular complexity index is 267. The number of likely N-dealkylation sites (tertiary alicyclic amines) is 1. The first-order chi connectivity index (χ1) is 8.00. The van der Waals surface area contributed by atoms with E-state index in [1.807, 2.05) is 32.9 Å². The van der Waals surface area contributed by atoms with Gasteiger partial charge in [0.2, 0.25) is 0 Å². The number of rotatable bonds is 2. The number of nitrogens with two attached hydrogens (primary N) is 3. The first-order valence-corrected chi connectivity index (χ1v) is 6.40. The molecule has 1 heterocycles. The monoisotopic (exact) mass is 240 g/mol. The van der Waals surface area contributed by atoms with Gasteiger partial charge in [-0.2, -0.15) is 0 Å². The maximum Gasteiger partial charge on any atom is 0.0987 e. The molecule has 2 unspecified atom stereocenters. The van der Waals surface area contributed by atoms with Gasteiger partial charge in [-0.05, 0) is 31.4 Å². The fourth-order valence-corrected chi connectivity index (χ4v) is 1.72. The van der Waals surface area contributed by atoms with Gasteiger partial charge in [-0.3, -0.25) is 0 Å². The summed E-state index contributed by atoms with van der Waals surface area (Å²) >= 11 is 0. The molecule has 1 saturated heterocycles. The predicted molar refractivity (Wildman–Crippen MR) is 74.9 cm³/mol. The highest BCUT2D eigenvalue weighted by atomic mass is 15.2. The first-order valence-electron chi connectivity index (χ1n) is 6.40. The van der Waals surface area contributed by atoms with Crippen molar-refractivity contribution in [2.75, 3.05) is 13.1 Å². The molecule has 2 atom stereocenters. The molecule has 0 aromatic heterocycles. The minimum atomic E-state index is 0.306. The zero-order valence-corrected chi connectivity index (χ0v) is 11.6. The van der Waals surface area contributed by atoms with E-state index >= 15 is 0 Å². The largest absolute Gasteiger partial charge is 0.402 e. The molecule has 6 N–H and O–H groups in total. The van der Waals surface area contributed by atoms with Gasteiger partial charge in [-0.1, -0.05) is 20.8 Å². The SMILES string of the molecule is C/C(N)=C/C=C(\N)N1CCC(N)C(C)C1.CC. The first kappa shape index (κ1) is 15.8. The van der Waals surface area contributed by atoms with Gasteiger partial charge in [0.05, 0.1) is 5.82 Å². The molecule has 0 bridgehead atoms. The van der Waals surface area contributed by atoms with Crippen molar-refractivity contribution in [2.24, 2.45) is 23.1 Å². The van der Waals surface area contributed by atoms with E-state index in [0.717, 1.165) is 31.0 Å². The third-order valence-corrected chi connectivity index (χ3v) is 2.85. The summed E-state index contributed by atoms with van der Waals surface area (Å²) in [5.74, 6) is 1.27. The summed E-state index contributed by atoms with van der Waals surface area (Å²) in [7, 11) is 0. The molecule has 0 aliphatic carbocycles. The smallest absolute Gasteiger partial charge is 0.0987 e. The van der Waals surface area contributed by atoms with Gasteiger partial charge in [0.1, 0.15) is 0 Å². The Morgan fingerprint density at radius 1 is 1.24 bits per heavy atom. The van der Waals surface area contributed by atoms with Gasteiger partial charge in [0, 0.05) is 24.8 Å². The fourth-order valence-electron chi connectivity index (χ4n) is 1.72. The summed E-state index contributed by atoms with van der Waals surface area (Å²) < 4.78 is 0. The third kappa shape index (κ3) is 5.63. The highest BCUT2D eigenvalue weighted by molar-refractivity contribution is 5.13. The van der Waals surface area contributed by atoms with Gasteiger partial charge in [0.25, 0.3) is 0 Å². The molecule has 4 heteroatoms. The standard InChI is InChI=1S/C11H22N4.C2H6/c1-8-7-15(6-5-10(8)13)11(14)4-3-9(2)12;1-2/h3-4,8,10H,5-7,12-14H2,1-2H3;1-2H3/b9-3-,11-4+;. The van der Waals surface area contributed by atoms with Crippen LogP contribution in [-0.2, 0) is 0 Å². The van der Waals surface area contributed by atoms with Crippen LogP contribution >= 0.6 is 0 Å². The minimum Gasteiger partial charge on any atom is -0.402 e. The van der Waals surface area contributed by atoms with Crippen molar-refractivity contribution in [2.45, 2.75) is 40.2 Å². The van der Waals surface area contributed by atoms with Gasteiger partial charge < -0.3 is 22.1 Å².